The molecule has 0 bridgehead atoms. The molecular weight excluding hydrogens is 374 g/mol. The maximum Gasteiger partial charge on any atom is 0.162 e. The third kappa shape index (κ3) is 3.05. The van der Waals surface area contributed by atoms with Gasteiger partial charge in [-0.2, -0.15) is 0 Å². The van der Waals surface area contributed by atoms with Crippen molar-refractivity contribution in [3.8, 4) is 22.8 Å². The lowest BCUT2D eigenvalue weighted by Crippen LogP contribution is -1.96. The van der Waals surface area contributed by atoms with Crippen molar-refractivity contribution in [3.05, 3.63) is 84.3 Å². The average Bonchev–Trinajstić information content (AvgIpc) is 3.15. The Morgan fingerprint density at radius 2 is 1.53 bits per heavy atom. The second-order valence-corrected chi connectivity index (χ2v) is 7.13. The summed E-state index contributed by atoms with van der Waals surface area (Å²) in [5.41, 5.74) is 6.23. The van der Waals surface area contributed by atoms with Gasteiger partial charge in [-0.1, -0.05) is 48.5 Å². The highest BCUT2D eigenvalue weighted by molar-refractivity contribution is 6.04. The van der Waals surface area contributed by atoms with Gasteiger partial charge in [-0.25, -0.2) is 9.97 Å². The van der Waals surface area contributed by atoms with Gasteiger partial charge in [0.2, 0.25) is 0 Å². The lowest BCUT2D eigenvalue weighted by Gasteiger charge is -2.12. The summed E-state index contributed by atoms with van der Waals surface area (Å²) < 4.78 is 11.0. The summed E-state index contributed by atoms with van der Waals surface area (Å²) in [6, 6.07) is 22.6. The van der Waals surface area contributed by atoms with Crippen molar-refractivity contribution in [2.75, 3.05) is 14.2 Å². The first-order valence-corrected chi connectivity index (χ1v) is 9.79. The Hall–Kier alpha value is -3.86. The molecule has 5 nitrogen and oxygen atoms in total. The standard InChI is InChI=1S/C25H21N3O2/c1-29-22-13-18-20(14-23(22)30-2)26-15-27-25(18)24-17-10-6-7-11-19(17)28-21(24)12-16-8-4-3-5-9-16/h3-11,13-15,28H,12H2,1-2H3. The van der Waals surface area contributed by atoms with Gasteiger partial charge in [0.15, 0.2) is 11.5 Å². The molecule has 0 aliphatic carbocycles. The normalized spacial score (nSPS) is 11.1. The zero-order valence-electron chi connectivity index (χ0n) is 16.8. The molecule has 1 N–H and O–H groups in total. The van der Waals surface area contributed by atoms with Gasteiger partial charge < -0.3 is 14.5 Å². The fourth-order valence-electron chi connectivity index (χ4n) is 3.98. The fourth-order valence-corrected chi connectivity index (χ4v) is 3.98. The predicted molar refractivity (Wildman–Crippen MR) is 119 cm³/mol. The Morgan fingerprint density at radius 1 is 0.800 bits per heavy atom. The largest absolute Gasteiger partial charge is 0.493 e. The summed E-state index contributed by atoms with van der Waals surface area (Å²) >= 11 is 0. The van der Waals surface area contributed by atoms with Crippen LogP contribution in [0.4, 0.5) is 0 Å². The Bertz CT molecular complexity index is 1340. The van der Waals surface area contributed by atoms with E-state index in [1.807, 2.05) is 24.3 Å². The second kappa shape index (κ2) is 7.52. The third-order valence-corrected chi connectivity index (χ3v) is 5.38. The van der Waals surface area contributed by atoms with E-state index in [0.29, 0.717) is 11.5 Å². The minimum absolute atomic E-state index is 0.651. The van der Waals surface area contributed by atoms with Crippen LogP contribution in [-0.4, -0.2) is 29.2 Å². The van der Waals surface area contributed by atoms with Crippen LogP contribution in [0.1, 0.15) is 11.3 Å². The van der Waals surface area contributed by atoms with Crippen LogP contribution in [-0.2, 0) is 6.42 Å². The molecule has 5 aromatic rings. The minimum atomic E-state index is 0.651. The lowest BCUT2D eigenvalue weighted by atomic mass is 9.99. The minimum Gasteiger partial charge on any atom is -0.493 e. The van der Waals surface area contributed by atoms with Crippen molar-refractivity contribution in [1.29, 1.82) is 0 Å². The summed E-state index contributed by atoms with van der Waals surface area (Å²) in [7, 11) is 3.27. The van der Waals surface area contributed by atoms with Gasteiger partial charge in [0.1, 0.15) is 6.33 Å². The number of hydrogen-bond donors (Lipinski definition) is 1. The number of nitrogens with zero attached hydrogens (tertiary/aromatic N) is 2. The number of methoxy groups -OCH3 is 2. The van der Waals surface area contributed by atoms with Crippen molar-refractivity contribution in [3.63, 3.8) is 0 Å². The van der Waals surface area contributed by atoms with Gasteiger partial charge in [-0.15, -0.1) is 0 Å². The van der Waals surface area contributed by atoms with Gasteiger partial charge in [0.05, 0.1) is 25.4 Å². The number of fused-ring (bicyclic) bond motifs is 2. The molecular formula is C25H21N3O2. The highest BCUT2D eigenvalue weighted by Gasteiger charge is 2.19. The van der Waals surface area contributed by atoms with Gasteiger partial charge in [-0.3, -0.25) is 0 Å². The highest BCUT2D eigenvalue weighted by Crippen LogP contribution is 2.39. The first-order chi connectivity index (χ1) is 14.8. The first kappa shape index (κ1) is 18.2. The smallest absolute Gasteiger partial charge is 0.162 e. The van der Waals surface area contributed by atoms with E-state index in [0.717, 1.165) is 45.2 Å². The van der Waals surface area contributed by atoms with E-state index >= 15 is 0 Å². The summed E-state index contributed by atoms with van der Waals surface area (Å²) in [4.78, 5) is 12.8. The van der Waals surface area contributed by atoms with Crippen molar-refractivity contribution in [2.24, 2.45) is 0 Å². The number of benzene rings is 3. The Labute approximate surface area is 174 Å². The van der Waals surface area contributed by atoms with Crippen LogP contribution in [0.25, 0.3) is 33.1 Å². The zero-order chi connectivity index (χ0) is 20.5. The molecule has 5 heteroatoms. The molecule has 0 aliphatic rings. The Kier molecular flexibility index (Phi) is 4.56. The maximum absolute atomic E-state index is 5.54. The van der Waals surface area contributed by atoms with Crippen molar-refractivity contribution >= 4 is 21.8 Å². The molecule has 2 heterocycles. The molecule has 0 saturated heterocycles. The van der Waals surface area contributed by atoms with E-state index in [2.05, 4.69) is 52.4 Å². The van der Waals surface area contributed by atoms with Crippen LogP contribution in [0, 0.1) is 0 Å². The molecule has 3 aromatic carbocycles. The number of nitrogens with one attached hydrogen (secondary N) is 1. The van der Waals surface area contributed by atoms with Crippen LogP contribution in [0.5, 0.6) is 11.5 Å². The average molecular weight is 395 g/mol. The van der Waals surface area contributed by atoms with Gasteiger partial charge in [-0.05, 0) is 17.7 Å². The number of ether oxygens (including phenoxy) is 2. The first-order valence-electron chi connectivity index (χ1n) is 9.79. The number of hydrogen-bond acceptors (Lipinski definition) is 4. The van der Waals surface area contributed by atoms with Gasteiger partial charge >= 0.3 is 0 Å². The highest BCUT2D eigenvalue weighted by atomic mass is 16.5. The van der Waals surface area contributed by atoms with E-state index in [9.17, 15) is 0 Å². The molecule has 0 radical (unpaired) electrons. The zero-order valence-corrected chi connectivity index (χ0v) is 16.8. The molecule has 0 spiro atoms. The summed E-state index contributed by atoms with van der Waals surface area (Å²) in [6.07, 6.45) is 2.39. The molecule has 30 heavy (non-hydrogen) atoms. The van der Waals surface area contributed by atoms with E-state index in [-0.39, 0.29) is 0 Å². The van der Waals surface area contributed by atoms with Crippen LogP contribution < -0.4 is 9.47 Å². The monoisotopic (exact) mass is 395 g/mol. The number of H-pyrrole nitrogens is 1. The third-order valence-electron chi connectivity index (χ3n) is 5.38. The number of rotatable bonds is 5. The van der Waals surface area contributed by atoms with E-state index in [4.69, 9.17) is 14.5 Å². The van der Waals surface area contributed by atoms with Crippen LogP contribution in [0.2, 0.25) is 0 Å². The second-order valence-electron chi connectivity index (χ2n) is 7.13. The summed E-state index contributed by atoms with van der Waals surface area (Å²) in [6.45, 7) is 0. The Balaban J connectivity index is 1.78. The quantitative estimate of drug-likeness (QED) is 0.434. The molecule has 2 aromatic heterocycles. The van der Waals surface area contributed by atoms with Gasteiger partial charge in [0.25, 0.3) is 0 Å². The maximum atomic E-state index is 5.54. The molecule has 0 aliphatic heterocycles. The molecule has 0 fully saturated rings. The summed E-state index contributed by atoms with van der Waals surface area (Å²) in [5, 5.41) is 2.06. The van der Waals surface area contributed by atoms with E-state index < -0.39 is 0 Å². The molecule has 0 unspecified atom stereocenters. The Morgan fingerprint density at radius 3 is 2.33 bits per heavy atom. The van der Waals surface area contributed by atoms with E-state index in [1.165, 1.54) is 5.56 Å². The van der Waals surface area contributed by atoms with Gasteiger partial charge in [0, 0.05) is 40.0 Å². The number of para-hydroxylation sites is 1. The van der Waals surface area contributed by atoms with E-state index in [1.54, 1.807) is 20.5 Å². The molecule has 0 atom stereocenters. The predicted octanol–water partition coefficient (Wildman–Crippen LogP) is 5.39. The summed E-state index contributed by atoms with van der Waals surface area (Å²) in [5.74, 6) is 1.31. The van der Waals surface area contributed by atoms with Crippen LogP contribution in [0.15, 0.2) is 73.1 Å². The number of aromatic nitrogens is 3. The SMILES string of the molecule is COc1cc2ncnc(-c3c(Cc4ccccc4)[nH]c4ccccc34)c2cc1OC. The fraction of sp³-hybridized carbons (Fsp3) is 0.120. The van der Waals surface area contributed by atoms with Crippen molar-refractivity contribution in [1.82, 2.24) is 15.0 Å². The molecule has 148 valence electrons. The van der Waals surface area contributed by atoms with Crippen LogP contribution >= 0.6 is 0 Å². The molecule has 5 rings (SSSR count). The molecule has 0 amide bonds. The van der Waals surface area contributed by atoms with Crippen molar-refractivity contribution in [2.45, 2.75) is 6.42 Å². The van der Waals surface area contributed by atoms with Crippen LogP contribution in [0.3, 0.4) is 0 Å². The molecule has 0 saturated carbocycles. The topological polar surface area (TPSA) is 60.0 Å². The number of aromatic amines is 1. The lowest BCUT2D eigenvalue weighted by molar-refractivity contribution is 0.356. The van der Waals surface area contributed by atoms with Crippen molar-refractivity contribution < 1.29 is 9.47 Å².